The lowest BCUT2D eigenvalue weighted by atomic mass is 9.71. The molecule has 0 spiro atoms. The van der Waals surface area contributed by atoms with Gasteiger partial charge in [0, 0.05) is 31.0 Å². The molecular weight excluding hydrogens is 296 g/mol. The van der Waals surface area contributed by atoms with Gasteiger partial charge in [0.1, 0.15) is 12.1 Å². The van der Waals surface area contributed by atoms with E-state index < -0.39 is 0 Å². The fraction of sp³-hybridized carbons (Fsp3) is 0.938. The van der Waals surface area contributed by atoms with Gasteiger partial charge in [0.25, 0.3) is 0 Å². The van der Waals surface area contributed by atoms with E-state index in [1.165, 1.54) is 12.8 Å². The Labute approximate surface area is 139 Å². The van der Waals surface area contributed by atoms with E-state index in [0.29, 0.717) is 17.9 Å². The van der Waals surface area contributed by atoms with E-state index in [1.807, 2.05) is 0 Å². The second kappa shape index (κ2) is 7.98. The molecule has 0 aromatic rings. The third-order valence-corrected chi connectivity index (χ3v) is 6.16. The van der Waals surface area contributed by atoms with Crippen molar-refractivity contribution in [1.29, 1.82) is 5.26 Å². The Morgan fingerprint density at radius 2 is 2.18 bits per heavy atom. The van der Waals surface area contributed by atoms with Crippen LogP contribution in [0.5, 0.6) is 0 Å². The van der Waals surface area contributed by atoms with Gasteiger partial charge >= 0.3 is 0 Å². The maximum Gasteiger partial charge on any atom is 0.108 e. The fourth-order valence-corrected chi connectivity index (χ4v) is 4.66. The third kappa shape index (κ3) is 4.84. The molecule has 0 aromatic carbocycles. The highest BCUT2D eigenvalue weighted by Gasteiger charge is 2.33. The Hall–Kier alpha value is -0.320. The minimum absolute atomic E-state index is 0.0156. The zero-order valence-corrected chi connectivity index (χ0v) is 14.9. The monoisotopic (exact) mass is 326 g/mol. The molecule has 1 heterocycles. The van der Waals surface area contributed by atoms with E-state index in [2.05, 4.69) is 37.2 Å². The molecule has 2 aliphatic rings. The second-order valence-electron chi connectivity index (χ2n) is 7.67. The summed E-state index contributed by atoms with van der Waals surface area (Å²) in [5.74, 6) is 2.44. The van der Waals surface area contributed by atoms with E-state index in [9.17, 15) is 5.21 Å². The van der Waals surface area contributed by atoms with Gasteiger partial charge in [0.05, 0.1) is 12.6 Å². The van der Waals surface area contributed by atoms with Crippen molar-refractivity contribution < 1.29 is 5.17 Å². The van der Waals surface area contributed by atoms with Crippen LogP contribution in [0.1, 0.15) is 46.5 Å². The van der Waals surface area contributed by atoms with Gasteiger partial charge in [-0.2, -0.15) is 10.7 Å². The molecule has 5 nitrogen and oxygen atoms in total. The summed E-state index contributed by atoms with van der Waals surface area (Å²) >= 11 is 1.80. The molecule has 22 heavy (non-hydrogen) atoms. The van der Waals surface area contributed by atoms with E-state index in [-0.39, 0.29) is 17.3 Å². The van der Waals surface area contributed by atoms with Crippen molar-refractivity contribution in [1.82, 2.24) is 10.3 Å². The predicted molar refractivity (Wildman–Crippen MR) is 91.0 cm³/mol. The largest absolute Gasteiger partial charge is 0.613 e. The summed E-state index contributed by atoms with van der Waals surface area (Å²) in [7, 11) is 0. The van der Waals surface area contributed by atoms with E-state index >= 15 is 0 Å². The number of quaternary nitrogens is 1. The molecule has 1 aliphatic carbocycles. The molecule has 0 radical (unpaired) electrons. The zero-order valence-electron chi connectivity index (χ0n) is 14.1. The minimum atomic E-state index is 0.0156. The smallest absolute Gasteiger partial charge is 0.108 e. The number of rotatable bonds is 5. The number of hydroxylamine groups is 1. The molecule has 0 aromatic heterocycles. The van der Waals surface area contributed by atoms with Gasteiger partial charge in [-0.25, -0.2) is 0 Å². The first-order valence-electron chi connectivity index (χ1n) is 8.41. The Balaban J connectivity index is 1.73. The summed E-state index contributed by atoms with van der Waals surface area (Å²) in [4.78, 5) is 2.16. The van der Waals surface area contributed by atoms with Crippen molar-refractivity contribution in [3.8, 4) is 6.07 Å². The van der Waals surface area contributed by atoms with Crippen molar-refractivity contribution in [3.05, 3.63) is 5.21 Å². The number of nitriles is 1. The van der Waals surface area contributed by atoms with E-state index in [1.54, 1.807) is 11.8 Å². The van der Waals surface area contributed by atoms with Crippen LogP contribution in [-0.4, -0.2) is 41.7 Å². The lowest BCUT2D eigenvalue weighted by molar-refractivity contribution is -0.923. The van der Waals surface area contributed by atoms with Crippen LogP contribution >= 0.6 is 11.8 Å². The first-order chi connectivity index (χ1) is 10.4. The van der Waals surface area contributed by atoms with Crippen molar-refractivity contribution >= 4 is 11.8 Å². The van der Waals surface area contributed by atoms with Crippen LogP contribution in [0, 0.1) is 27.9 Å². The Morgan fingerprint density at radius 3 is 2.86 bits per heavy atom. The van der Waals surface area contributed by atoms with Gasteiger partial charge < -0.3 is 5.21 Å². The number of nitrogens with one attached hydrogen (secondary N) is 2. The van der Waals surface area contributed by atoms with Gasteiger partial charge in [-0.1, -0.05) is 20.8 Å². The highest BCUT2D eigenvalue weighted by atomic mass is 32.2. The highest BCUT2D eigenvalue weighted by molar-refractivity contribution is 7.99. The van der Waals surface area contributed by atoms with Crippen LogP contribution in [0.3, 0.4) is 0 Å². The van der Waals surface area contributed by atoms with Gasteiger partial charge in [0.2, 0.25) is 0 Å². The van der Waals surface area contributed by atoms with Crippen molar-refractivity contribution in [2.75, 3.05) is 24.7 Å². The molecular formula is C16H30N4OS. The Kier molecular flexibility index (Phi) is 6.54. The lowest BCUT2D eigenvalue weighted by Crippen LogP contribution is -3.18. The molecule has 126 valence electrons. The first kappa shape index (κ1) is 18.0. The molecule has 2 N–H and O–H groups in total. The number of nitrogens with zero attached hydrogens (tertiary/aromatic N) is 2. The minimum Gasteiger partial charge on any atom is -0.613 e. The first-order valence-corrected chi connectivity index (χ1v) is 9.56. The fourth-order valence-electron chi connectivity index (χ4n) is 3.50. The maximum absolute atomic E-state index is 12.4. The molecule has 0 bridgehead atoms. The van der Waals surface area contributed by atoms with Gasteiger partial charge in [-0.05, 0) is 24.2 Å². The standard InChI is InChI=1S/C16H30N4OS/c1-16(2,3)13-5-4-6-14(9-13)20(21)18-7-8-19-12-22-11-15(19)10-17/h13-15,18,20H,4-9,11-12H2,1-3H3. The zero-order chi connectivity index (χ0) is 16.2. The topological polar surface area (TPSA) is 66.6 Å². The number of hydrogen-bond acceptors (Lipinski definition) is 5. The molecule has 4 unspecified atom stereocenters. The van der Waals surface area contributed by atoms with Crippen molar-refractivity contribution in [2.45, 2.75) is 58.5 Å². The molecule has 1 aliphatic heterocycles. The van der Waals surface area contributed by atoms with Gasteiger partial charge in [-0.15, -0.1) is 11.8 Å². The average molecular weight is 327 g/mol. The predicted octanol–water partition coefficient (Wildman–Crippen LogP) is 1.38. The van der Waals surface area contributed by atoms with Crippen LogP contribution in [0.2, 0.25) is 0 Å². The quantitative estimate of drug-likeness (QED) is 0.747. The van der Waals surface area contributed by atoms with Crippen LogP contribution in [0.4, 0.5) is 0 Å². The highest BCUT2D eigenvalue weighted by Crippen LogP contribution is 2.37. The van der Waals surface area contributed by atoms with E-state index in [4.69, 9.17) is 5.26 Å². The molecule has 6 heteroatoms. The molecule has 1 saturated carbocycles. The average Bonchev–Trinajstić information content (AvgIpc) is 2.94. The summed E-state index contributed by atoms with van der Waals surface area (Å²) < 4.78 is 0. The summed E-state index contributed by atoms with van der Waals surface area (Å²) in [5.41, 5.74) is 3.39. The second-order valence-corrected chi connectivity index (χ2v) is 8.67. The molecule has 2 rings (SSSR count). The van der Waals surface area contributed by atoms with Gasteiger partial charge in [0.15, 0.2) is 0 Å². The van der Waals surface area contributed by atoms with Crippen molar-refractivity contribution in [3.63, 3.8) is 0 Å². The van der Waals surface area contributed by atoms with Crippen molar-refractivity contribution in [2.24, 2.45) is 11.3 Å². The lowest BCUT2D eigenvalue weighted by Gasteiger charge is -2.41. The number of thioether (sulfide) groups is 1. The third-order valence-electron chi connectivity index (χ3n) is 5.09. The Bertz CT molecular complexity index is 393. The van der Waals surface area contributed by atoms with Crippen LogP contribution < -0.4 is 10.6 Å². The van der Waals surface area contributed by atoms with Crippen LogP contribution in [-0.2, 0) is 0 Å². The molecule has 2 fully saturated rings. The van der Waals surface area contributed by atoms with E-state index in [0.717, 1.165) is 31.0 Å². The summed E-state index contributed by atoms with van der Waals surface area (Å²) in [6.45, 7) is 8.29. The van der Waals surface area contributed by atoms with Gasteiger partial charge in [-0.3, -0.25) is 10.1 Å². The Morgan fingerprint density at radius 1 is 1.41 bits per heavy atom. The van der Waals surface area contributed by atoms with Crippen LogP contribution in [0.15, 0.2) is 0 Å². The molecule has 4 atom stereocenters. The summed E-state index contributed by atoms with van der Waals surface area (Å²) in [6, 6.07) is 2.52. The summed E-state index contributed by atoms with van der Waals surface area (Å²) in [5, 5.41) is 21.7. The molecule has 0 amide bonds. The summed E-state index contributed by atoms with van der Waals surface area (Å²) in [6.07, 6.45) is 4.47. The molecule has 1 saturated heterocycles. The normalized spacial score (nSPS) is 31.9. The van der Waals surface area contributed by atoms with Crippen LogP contribution in [0.25, 0.3) is 0 Å². The number of hydrogen-bond donors (Lipinski definition) is 2. The maximum atomic E-state index is 12.4. The SMILES string of the molecule is CC(C)(C)C1CCCC([NH+]([O-])NCCN2CSCC2C#N)C1.